The maximum Gasteiger partial charge on any atom is 0.573 e. The minimum absolute atomic E-state index is 0.0747. The first-order valence-electron chi connectivity index (χ1n) is 9.88. The molecule has 1 atom stereocenters. The number of imide groups is 1. The second kappa shape index (κ2) is 8.04. The van der Waals surface area contributed by atoms with Gasteiger partial charge in [-0.05, 0) is 35.9 Å². The van der Waals surface area contributed by atoms with E-state index in [1.807, 2.05) is 0 Å². The number of carbonyl (C=O) groups excluding carboxylic acids is 3. The van der Waals surface area contributed by atoms with Gasteiger partial charge in [-0.3, -0.25) is 29.0 Å². The van der Waals surface area contributed by atoms with Crippen LogP contribution in [0.2, 0.25) is 0 Å². The molecule has 4 rings (SSSR count). The van der Waals surface area contributed by atoms with Crippen LogP contribution in [0.3, 0.4) is 0 Å². The Labute approximate surface area is 190 Å². The van der Waals surface area contributed by atoms with E-state index >= 15 is 0 Å². The van der Waals surface area contributed by atoms with Gasteiger partial charge in [-0.15, -0.1) is 13.2 Å². The summed E-state index contributed by atoms with van der Waals surface area (Å²) in [6.45, 7) is -1.03. The third kappa shape index (κ3) is 3.80. The number of carboxylic acids is 1. The van der Waals surface area contributed by atoms with Crippen molar-refractivity contribution in [1.82, 2.24) is 4.90 Å². The number of carboxylic acid groups (broad SMARTS) is 1. The fourth-order valence-corrected chi connectivity index (χ4v) is 4.23. The lowest BCUT2D eigenvalue weighted by molar-refractivity contribution is -0.274. The summed E-state index contributed by atoms with van der Waals surface area (Å²) in [6.07, 6.45) is -5.69. The average Bonchev–Trinajstić information content (AvgIpc) is 3.14. The number of methoxy groups -OCH3 is 1. The van der Waals surface area contributed by atoms with E-state index in [4.69, 9.17) is 4.74 Å². The van der Waals surface area contributed by atoms with Crippen LogP contribution in [-0.4, -0.2) is 53.7 Å². The molecule has 0 bridgehead atoms. The molecule has 1 unspecified atom stereocenters. The largest absolute Gasteiger partial charge is 0.573 e. The lowest BCUT2D eigenvalue weighted by Crippen LogP contribution is -2.47. The molecule has 2 heterocycles. The Hall–Kier alpha value is -4.09. The predicted octanol–water partition coefficient (Wildman–Crippen LogP) is 2.22. The zero-order valence-corrected chi connectivity index (χ0v) is 17.6. The maximum absolute atomic E-state index is 13.5. The molecule has 2 aromatic carbocycles. The Morgan fingerprint density at radius 2 is 1.65 bits per heavy atom. The van der Waals surface area contributed by atoms with Crippen LogP contribution < -0.4 is 14.4 Å². The van der Waals surface area contributed by atoms with Gasteiger partial charge in [0, 0.05) is 11.3 Å². The SMILES string of the molecule is COc1ccc(CN2C(=O)CC3(C2=O)C(=O)N(CC(=O)O)c2ccc(OC(F)(F)F)cc23)cc1. The number of nitrogens with zero attached hydrogens (tertiary/aromatic N) is 2. The number of likely N-dealkylation sites (tertiary alicyclic amines) is 1. The number of hydrogen-bond donors (Lipinski definition) is 1. The Morgan fingerprint density at radius 1 is 1.03 bits per heavy atom. The average molecular weight is 478 g/mol. The smallest absolute Gasteiger partial charge is 0.497 e. The summed E-state index contributed by atoms with van der Waals surface area (Å²) in [5, 5.41) is 9.22. The van der Waals surface area contributed by atoms with Crippen molar-refractivity contribution in [1.29, 1.82) is 0 Å². The van der Waals surface area contributed by atoms with Crippen LogP contribution in [0.4, 0.5) is 18.9 Å². The zero-order chi connectivity index (χ0) is 24.8. The van der Waals surface area contributed by atoms with E-state index in [1.165, 1.54) is 7.11 Å². The van der Waals surface area contributed by atoms with Crippen molar-refractivity contribution in [2.24, 2.45) is 0 Å². The van der Waals surface area contributed by atoms with Crippen molar-refractivity contribution in [3.8, 4) is 11.5 Å². The minimum atomic E-state index is -5.04. The van der Waals surface area contributed by atoms with Crippen LogP contribution in [0.15, 0.2) is 42.5 Å². The second-order valence-corrected chi connectivity index (χ2v) is 7.73. The van der Waals surface area contributed by atoms with Gasteiger partial charge in [0.15, 0.2) is 5.41 Å². The first-order valence-corrected chi connectivity index (χ1v) is 9.88. The summed E-state index contributed by atoms with van der Waals surface area (Å²) >= 11 is 0. The van der Waals surface area contributed by atoms with Crippen LogP contribution in [0.25, 0.3) is 0 Å². The monoisotopic (exact) mass is 478 g/mol. The normalized spacial score (nSPS) is 19.7. The molecule has 1 saturated heterocycles. The van der Waals surface area contributed by atoms with Crippen molar-refractivity contribution in [3.63, 3.8) is 0 Å². The first kappa shape index (κ1) is 23.1. The molecule has 0 saturated carbocycles. The molecule has 1 N–H and O–H groups in total. The molecule has 9 nitrogen and oxygen atoms in total. The fourth-order valence-electron chi connectivity index (χ4n) is 4.23. The number of anilines is 1. The van der Waals surface area contributed by atoms with Gasteiger partial charge < -0.3 is 14.6 Å². The van der Waals surface area contributed by atoms with Crippen LogP contribution in [0, 0.1) is 0 Å². The van der Waals surface area contributed by atoms with Gasteiger partial charge in [0.2, 0.25) is 17.7 Å². The lowest BCUT2D eigenvalue weighted by Gasteiger charge is -2.22. The Balaban J connectivity index is 1.76. The summed E-state index contributed by atoms with van der Waals surface area (Å²) in [6, 6.07) is 9.27. The van der Waals surface area contributed by atoms with Crippen molar-refractivity contribution < 1.29 is 46.9 Å². The van der Waals surface area contributed by atoms with Crippen LogP contribution >= 0.6 is 0 Å². The number of halogens is 3. The quantitative estimate of drug-likeness (QED) is 0.500. The number of ether oxygens (including phenoxy) is 2. The van der Waals surface area contributed by atoms with Crippen molar-refractivity contribution in [2.75, 3.05) is 18.6 Å². The topological polar surface area (TPSA) is 113 Å². The van der Waals surface area contributed by atoms with E-state index in [9.17, 15) is 37.5 Å². The van der Waals surface area contributed by atoms with Crippen molar-refractivity contribution in [2.45, 2.75) is 24.7 Å². The highest BCUT2D eigenvalue weighted by Gasteiger charge is 2.64. The standard InChI is InChI=1S/C22H17F3N2O7/c1-33-13-4-2-12(3-5-13)10-27-17(28)9-21(20(27)32)15-8-14(34-22(23,24)25)6-7-16(15)26(19(21)31)11-18(29)30/h2-8H,9-11H2,1H3,(H,29,30). The molecule has 2 aromatic rings. The van der Waals surface area contributed by atoms with E-state index in [0.29, 0.717) is 11.3 Å². The number of carbonyl (C=O) groups is 4. The molecule has 1 fully saturated rings. The number of aliphatic carboxylic acids is 1. The fraction of sp³-hybridized carbons (Fsp3) is 0.273. The van der Waals surface area contributed by atoms with Gasteiger partial charge >= 0.3 is 12.3 Å². The van der Waals surface area contributed by atoms with Gasteiger partial charge in [-0.2, -0.15) is 0 Å². The molecule has 3 amide bonds. The van der Waals surface area contributed by atoms with E-state index < -0.39 is 54.2 Å². The molecule has 0 radical (unpaired) electrons. The molecule has 2 aliphatic heterocycles. The van der Waals surface area contributed by atoms with Gasteiger partial charge in [-0.1, -0.05) is 12.1 Å². The molecule has 0 aliphatic carbocycles. The van der Waals surface area contributed by atoms with Gasteiger partial charge in [-0.25, -0.2) is 0 Å². The van der Waals surface area contributed by atoms with E-state index in [1.54, 1.807) is 24.3 Å². The number of alkyl halides is 3. The predicted molar refractivity (Wildman–Crippen MR) is 108 cm³/mol. The van der Waals surface area contributed by atoms with Crippen LogP contribution in [0.5, 0.6) is 11.5 Å². The summed E-state index contributed by atoms with van der Waals surface area (Å²) in [4.78, 5) is 52.6. The zero-order valence-electron chi connectivity index (χ0n) is 17.6. The highest BCUT2D eigenvalue weighted by Crippen LogP contribution is 2.50. The van der Waals surface area contributed by atoms with Crippen LogP contribution in [-0.2, 0) is 31.1 Å². The van der Waals surface area contributed by atoms with Gasteiger partial charge in [0.05, 0.1) is 20.1 Å². The third-order valence-electron chi connectivity index (χ3n) is 5.68. The number of benzene rings is 2. The van der Waals surface area contributed by atoms with E-state index in [0.717, 1.165) is 28.0 Å². The van der Waals surface area contributed by atoms with E-state index in [-0.39, 0.29) is 17.8 Å². The van der Waals surface area contributed by atoms with Gasteiger partial charge in [0.1, 0.15) is 18.0 Å². The number of fused-ring (bicyclic) bond motifs is 2. The summed E-state index contributed by atoms with van der Waals surface area (Å²) in [7, 11) is 1.47. The van der Waals surface area contributed by atoms with E-state index in [2.05, 4.69) is 4.74 Å². The molecular weight excluding hydrogens is 461 g/mol. The van der Waals surface area contributed by atoms with Crippen LogP contribution in [0.1, 0.15) is 17.5 Å². The third-order valence-corrected chi connectivity index (χ3v) is 5.68. The van der Waals surface area contributed by atoms with Gasteiger partial charge in [0.25, 0.3) is 0 Å². The molecule has 12 heteroatoms. The Bertz CT molecular complexity index is 1200. The first-order chi connectivity index (χ1) is 16.0. The molecule has 2 aliphatic rings. The maximum atomic E-state index is 13.5. The van der Waals surface area contributed by atoms with Crippen molar-refractivity contribution in [3.05, 3.63) is 53.6 Å². The van der Waals surface area contributed by atoms with Crippen molar-refractivity contribution >= 4 is 29.4 Å². The summed E-state index contributed by atoms with van der Waals surface area (Å²) < 4.78 is 47.3. The summed E-state index contributed by atoms with van der Waals surface area (Å²) in [5.74, 6) is -4.23. The number of rotatable bonds is 6. The minimum Gasteiger partial charge on any atom is -0.497 e. The molecule has 34 heavy (non-hydrogen) atoms. The molecule has 1 spiro atoms. The highest BCUT2D eigenvalue weighted by molar-refractivity contribution is 6.29. The second-order valence-electron chi connectivity index (χ2n) is 7.73. The molecule has 178 valence electrons. The number of amides is 3. The Kier molecular flexibility index (Phi) is 5.46. The molecule has 0 aromatic heterocycles. The lowest BCUT2D eigenvalue weighted by atomic mass is 9.80. The number of hydrogen-bond acceptors (Lipinski definition) is 6. The molecular formula is C22H17F3N2O7. The highest BCUT2D eigenvalue weighted by atomic mass is 19.4. The summed E-state index contributed by atoms with van der Waals surface area (Å²) in [5.41, 5.74) is -1.92. The Morgan fingerprint density at radius 3 is 2.24 bits per heavy atom.